The van der Waals surface area contributed by atoms with Gasteiger partial charge < -0.3 is 9.84 Å². The minimum Gasteiger partial charge on any atom is -0.388 e. The molecule has 4 heteroatoms. The number of hydrogen-bond donors (Lipinski definition) is 1. The van der Waals surface area contributed by atoms with Crippen LogP contribution in [-0.2, 0) is 4.74 Å². The van der Waals surface area contributed by atoms with Crippen molar-refractivity contribution in [1.29, 1.82) is 0 Å². The predicted octanol–water partition coefficient (Wildman–Crippen LogP) is 0.124. The summed E-state index contributed by atoms with van der Waals surface area (Å²) in [6.07, 6.45) is 1.46. The summed E-state index contributed by atoms with van der Waals surface area (Å²) in [7, 11) is 0. The van der Waals surface area contributed by atoms with Crippen LogP contribution < -0.4 is 0 Å². The van der Waals surface area contributed by atoms with Gasteiger partial charge in [0.2, 0.25) is 0 Å². The van der Waals surface area contributed by atoms with Crippen LogP contribution in [0.1, 0.15) is 11.7 Å². The van der Waals surface area contributed by atoms with Gasteiger partial charge in [0, 0.05) is 6.20 Å². The zero-order valence-corrected chi connectivity index (χ0v) is 6.97. The molecule has 1 aliphatic rings. The summed E-state index contributed by atoms with van der Waals surface area (Å²) in [5, 5.41) is 13.7. The molecular weight excluding hydrogens is 156 g/mol. The third-order valence-corrected chi connectivity index (χ3v) is 2.10. The number of aromatic nitrogens is 2. The summed E-state index contributed by atoms with van der Waals surface area (Å²) in [6.45, 7) is 2.91. The second kappa shape index (κ2) is 2.88. The van der Waals surface area contributed by atoms with Crippen LogP contribution in [0.5, 0.6) is 0 Å². The Morgan fingerprint density at radius 1 is 1.67 bits per heavy atom. The molecule has 1 aliphatic heterocycles. The van der Waals surface area contributed by atoms with Gasteiger partial charge in [-0.15, -0.1) is 0 Å². The Bertz CT molecular complexity index is 272. The van der Waals surface area contributed by atoms with Crippen LogP contribution in [-0.4, -0.2) is 34.2 Å². The van der Waals surface area contributed by atoms with E-state index < -0.39 is 6.10 Å². The summed E-state index contributed by atoms with van der Waals surface area (Å²) in [6, 6.07) is 1.92. The van der Waals surface area contributed by atoms with Crippen LogP contribution in [0.4, 0.5) is 0 Å². The van der Waals surface area contributed by atoms with Gasteiger partial charge in [-0.3, -0.25) is 4.68 Å². The van der Waals surface area contributed by atoms with Crippen molar-refractivity contribution in [3.63, 3.8) is 0 Å². The molecule has 0 saturated carbocycles. The van der Waals surface area contributed by atoms with Gasteiger partial charge in [-0.05, 0) is 13.0 Å². The molecule has 1 aromatic heterocycles. The van der Waals surface area contributed by atoms with E-state index >= 15 is 0 Å². The smallest absolute Gasteiger partial charge is 0.103 e. The van der Waals surface area contributed by atoms with Crippen LogP contribution in [0.25, 0.3) is 0 Å². The van der Waals surface area contributed by atoms with Crippen molar-refractivity contribution in [2.45, 2.75) is 19.1 Å². The van der Waals surface area contributed by atoms with Gasteiger partial charge in [-0.25, -0.2) is 0 Å². The second-order valence-electron chi connectivity index (χ2n) is 3.11. The van der Waals surface area contributed by atoms with Gasteiger partial charge in [0.15, 0.2) is 0 Å². The number of aliphatic hydroxyl groups excluding tert-OH is 1. The number of ether oxygens (including phenoxy) is 1. The monoisotopic (exact) mass is 168 g/mol. The molecule has 1 aromatic rings. The average molecular weight is 168 g/mol. The Labute approximate surface area is 70.8 Å². The van der Waals surface area contributed by atoms with Gasteiger partial charge in [0.05, 0.1) is 18.9 Å². The fraction of sp³-hybridized carbons (Fsp3) is 0.625. The SMILES string of the molecule is Cc1ccn(C2COCC2O)n1. The molecule has 4 nitrogen and oxygen atoms in total. The summed E-state index contributed by atoms with van der Waals surface area (Å²) in [5.41, 5.74) is 0.967. The first kappa shape index (κ1) is 7.76. The zero-order valence-electron chi connectivity index (χ0n) is 6.97. The number of hydrogen-bond acceptors (Lipinski definition) is 3. The van der Waals surface area contributed by atoms with E-state index in [9.17, 15) is 5.11 Å². The molecule has 0 radical (unpaired) electrons. The molecule has 0 amide bonds. The molecule has 1 fully saturated rings. The minimum absolute atomic E-state index is 0.00120. The van der Waals surface area contributed by atoms with Crippen molar-refractivity contribution < 1.29 is 9.84 Å². The number of nitrogens with zero attached hydrogens (tertiary/aromatic N) is 2. The minimum atomic E-state index is -0.413. The number of aryl methyl sites for hydroxylation is 1. The van der Waals surface area contributed by atoms with E-state index in [-0.39, 0.29) is 6.04 Å². The van der Waals surface area contributed by atoms with Crippen molar-refractivity contribution in [1.82, 2.24) is 9.78 Å². The van der Waals surface area contributed by atoms with E-state index in [0.29, 0.717) is 13.2 Å². The maximum absolute atomic E-state index is 9.47. The summed E-state index contributed by atoms with van der Waals surface area (Å²) >= 11 is 0. The first-order valence-electron chi connectivity index (χ1n) is 4.05. The topological polar surface area (TPSA) is 47.3 Å². The standard InChI is InChI=1S/C8H12N2O2/c1-6-2-3-10(9-6)7-4-12-5-8(7)11/h2-3,7-8,11H,4-5H2,1H3. The Hall–Kier alpha value is -0.870. The van der Waals surface area contributed by atoms with Gasteiger partial charge in [-0.1, -0.05) is 0 Å². The highest BCUT2D eigenvalue weighted by atomic mass is 16.5. The number of aliphatic hydroxyl groups is 1. The van der Waals surface area contributed by atoms with E-state index in [0.717, 1.165) is 5.69 Å². The lowest BCUT2D eigenvalue weighted by Gasteiger charge is -2.11. The van der Waals surface area contributed by atoms with Gasteiger partial charge >= 0.3 is 0 Å². The van der Waals surface area contributed by atoms with Gasteiger partial charge in [0.25, 0.3) is 0 Å². The fourth-order valence-corrected chi connectivity index (χ4v) is 1.40. The Morgan fingerprint density at radius 2 is 2.50 bits per heavy atom. The predicted molar refractivity (Wildman–Crippen MR) is 42.8 cm³/mol. The molecule has 2 heterocycles. The van der Waals surface area contributed by atoms with Gasteiger partial charge in [-0.2, -0.15) is 5.10 Å². The Balaban J connectivity index is 2.19. The van der Waals surface area contributed by atoms with Crippen LogP contribution in [0.15, 0.2) is 12.3 Å². The second-order valence-corrected chi connectivity index (χ2v) is 3.11. The third-order valence-electron chi connectivity index (χ3n) is 2.10. The molecule has 0 bridgehead atoms. The first-order valence-corrected chi connectivity index (χ1v) is 4.05. The third kappa shape index (κ3) is 1.23. The van der Waals surface area contributed by atoms with Crippen LogP contribution in [0, 0.1) is 6.92 Å². The molecule has 2 rings (SSSR count). The highest BCUT2D eigenvalue weighted by Gasteiger charge is 2.27. The van der Waals surface area contributed by atoms with Crippen molar-refractivity contribution in [3.8, 4) is 0 Å². The van der Waals surface area contributed by atoms with E-state index in [1.807, 2.05) is 19.2 Å². The number of rotatable bonds is 1. The molecule has 66 valence electrons. The van der Waals surface area contributed by atoms with E-state index in [1.165, 1.54) is 0 Å². The van der Waals surface area contributed by atoms with Crippen LogP contribution in [0.2, 0.25) is 0 Å². The molecule has 0 aliphatic carbocycles. The van der Waals surface area contributed by atoms with Crippen molar-refractivity contribution in [2.75, 3.05) is 13.2 Å². The van der Waals surface area contributed by atoms with Crippen molar-refractivity contribution in [2.24, 2.45) is 0 Å². The lowest BCUT2D eigenvalue weighted by molar-refractivity contribution is 0.118. The maximum Gasteiger partial charge on any atom is 0.103 e. The zero-order chi connectivity index (χ0) is 8.55. The Kier molecular flexibility index (Phi) is 1.86. The van der Waals surface area contributed by atoms with E-state index in [2.05, 4.69) is 5.10 Å². The molecule has 2 atom stereocenters. The summed E-state index contributed by atoms with van der Waals surface area (Å²) in [4.78, 5) is 0. The summed E-state index contributed by atoms with van der Waals surface area (Å²) in [5.74, 6) is 0. The lowest BCUT2D eigenvalue weighted by atomic mass is 10.2. The van der Waals surface area contributed by atoms with E-state index in [4.69, 9.17) is 4.74 Å². The molecule has 1 saturated heterocycles. The molecule has 1 N–H and O–H groups in total. The quantitative estimate of drug-likeness (QED) is 0.648. The Morgan fingerprint density at radius 3 is 3.00 bits per heavy atom. The highest BCUT2D eigenvalue weighted by Crippen LogP contribution is 2.18. The molecule has 0 spiro atoms. The molecule has 0 aromatic carbocycles. The summed E-state index contributed by atoms with van der Waals surface area (Å²) < 4.78 is 6.89. The average Bonchev–Trinajstić information content (AvgIpc) is 2.58. The fourth-order valence-electron chi connectivity index (χ4n) is 1.40. The maximum atomic E-state index is 9.47. The lowest BCUT2D eigenvalue weighted by Crippen LogP contribution is -2.22. The van der Waals surface area contributed by atoms with Gasteiger partial charge in [0.1, 0.15) is 12.1 Å². The molecular formula is C8H12N2O2. The molecule has 2 unspecified atom stereocenters. The van der Waals surface area contributed by atoms with E-state index in [1.54, 1.807) is 4.68 Å². The van der Waals surface area contributed by atoms with Crippen LogP contribution in [0.3, 0.4) is 0 Å². The van der Waals surface area contributed by atoms with Crippen molar-refractivity contribution >= 4 is 0 Å². The highest BCUT2D eigenvalue weighted by molar-refractivity contribution is 4.97. The normalized spacial score (nSPS) is 29.5. The first-order chi connectivity index (χ1) is 5.77. The van der Waals surface area contributed by atoms with Crippen molar-refractivity contribution in [3.05, 3.63) is 18.0 Å². The largest absolute Gasteiger partial charge is 0.388 e. The van der Waals surface area contributed by atoms with Crippen LogP contribution >= 0.6 is 0 Å². The molecule has 12 heavy (non-hydrogen) atoms.